The third-order valence-electron chi connectivity index (χ3n) is 5.30. The van der Waals surface area contributed by atoms with Crippen LogP contribution in [0.5, 0.6) is 0 Å². The van der Waals surface area contributed by atoms with Gasteiger partial charge < -0.3 is 35.0 Å². The molecular formula is C18H24Cl2O7. The fourth-order valence-electron chi connectivity index (χ4n) is 3.30. The summed E-state index contributed by atoms with van der Waals surface area (Å²) in [5.41, 5.74) is -0.788. The summed E-state index contributed by atoms with van der Waals surface area (Å²) in [7, 11) is 0. The number of hydrogen-bond acceptors (Lipinski definition) is 7. The van der Waals surface area contributed by atoms with Gasteiger partial charge in [-0.1, -0.05) is 29.8 Å². The summed E-state index contributed by atoms with van der Waals surface area (Å²) in [6.07, 6.45) is -5.68. The van der Waals surface area contributed by atoms with E-state index in [4.69, 9.17) is 32.7 Å². The molecule has 1 aliphatic heterocycles. The van der Waals surface area contributed by atoms with Crippen LogP contribution in [-0.4, -0.2) is 79.9 Å². The zero-order valence-corrected chi connectivity index (χ0v) is 16.1. The van der Waals surface area contributed by atoms with Crippen molar-refractivity contribution in [2.24, 2.45) is 0 Å². The van der Waals surface area contributed by atoms with Crippen LogP contribution >= 0.6 is 23.2 Å². The number of aliphatic hydroxyl groups is 5. The van der Waals surface area contributed by atoms with E-state index in [2.05, 4.69) is 0 Å². The van der Waals surface area contributed by atoms with Crippen molar-refractivity contribution in [1.29, 1.82) is 0 Å². The van der Waals surface area contributed by atoms with Gasteiger partial charge in [0.25, 0.3) is 0 Å². The van der Waals surface area contributed by atoms with Crippen LogP contribution in [0.25, 0.3) is 0 Å². The minimum Gasteiger partial charge on any atom is -0.394 e. The molecule has 0 radical (unpaired) electrons. The number of rotatable bonds is 7. The van der Waals surface area contributed by atoms with Crippen LogP contribution in [0, 0.1) is 0 Å². The first-order valence-corrected chi connectivity index (χ1v) is 9.53. The third kappa shape index (κ3) is 4.27. The second kappa shape index (κ2) is 8.10. The highest BCUT2D eigenvalue weighted by Gasteiger charge is 2.58. The fraction of sp³-hybridized carbons (Fsp3) is 0.667. The zero-order chi connectivity index (χ0) is 19.8. The van der Waals surface area contributed by atoms with E-state index < -0.39 is 47.8 Å². The van der Waals surface area contributed by atoms with E-state index in [0.717, 1.165) is 0 Å². The fourth-order valence-corrected chi connectivity index (χ4v) is 3.71. The maximum absolute atomic E-state index is 11.2. The molecule has 0 bridgehead atoms. The standard InChI is InChI=1S/C18H24Cl2O7/c19-11-4-2-1-3-10(11)7-18(25,17(20)5-6-17)9-26-16-15(24)14(23)13(22)12(8-21)27-16/h1-4,12-16,21-25H,5-9H2/t12-,13-,14+,15-,16+,18?/m1/s1. The van der Waals surface area contributed by atoms with Crippen LogP contribution in [0.2, 0.25) is 5.02 Å². The molecule has 7 nitrogen and oxygen atoms in total. The number of benzene rings is 1. The molecule has 1 heterocycles. The second-order valence-electron chi connectivity index (χ2n) is 7.27. The lowest BCUT2D eigenvalue weighted by atomic mass is 9.89. The van der Waals surface area contributed by atoms with Crippen molar-refractivity contribution in [3.05, 3.63) is 34.9 Å². The predicted octanol–water partition coefficient (Wildman–Crippen LogP) is 0.201. The van der Waals surface area contributed by atoms with Crippen LogP contribution < -0.4 is 0 Å². The maximum atomic E-state index is 11.2. The van der Waals surface area contributed by atoms with Crippen LogP contribution in [-0.2, 0) is 15.9 Å². The van der Waals surface area contributed by atoms with Crippen molar-refractivity contribution in [3.8, 4) is 0 Å². The molecule has 1 saturated carbocycles. The highest BCUT2D eigenvalue weighted by Crippen LogP contribution is 2.52. The highest BCUT2D eigenvalue weighted by molar-refractivity contribution is 6.31. The Balaban J connectivity index is 1.73. The molecule has 1 unspecified atom stereocenters. The van der Waals surface area contributed by atoms with Crippen molar-refractivity contribution < 1.29 is 35.0 Å². The number of ether oxygens (including phenoxy) is 2. The maximum Gasteiger partial charge on any atom is 0.186 e. The largest absolute Gasteiger partial charge is 0.394 e. The molecule has 2 fully saturated rings. The Bertz CT molecular complexity index is 654. The molecule has 27 heavy (non-hydrogen) atoms. The Labute approximate surface area is 167 Å². The van der Waals surface area contributed by atoms with Crippen molar-refractivity contribution in [3.63, 3.8) is 0 Å². The van der Waals surface area contributed by atoms with E-state index in [9.17, 15) is 25.5 Å². The zero-order valence-electron chi connectivity index (χ0n) is 14.5. The first-order chi connectivity index (χ1) is 12.7. The highest BCUT2D eigenvalue weighted by atomic mass is 35.5. The van der Waals surface area contributed by atoms with E-state index in [-0.39, 0.29) is 13.0 Å². The van der Waals surface area contributed by atoms with Gasteiger partial charge in [0.15, 0.2) is 6.29 Å². The number of aliphatic hydroxyl groups excluding tert-OH is 4. The van der Waals surface area contributed by atoms with E-state index in [1.54, 1.807) is 24.3 Å². The Morgan fingerprint density at radius 3 is 2.41 bits per heavy atom. The van der Waals surface area contributed by atoms with E-state index in [0.29, 0.717) is 23.4 Å². The second-order valence-corrected chi connectivity index (χ2v) is 8.40. The van der Waals surface area contributed by atoms with Gasteiger partial charge in [0.1, 0.15) is 30.0 Å². The number of alkyl halides is 1. The smallest absolute Gasteiger partial charge is 0.186 e. The first kappa shape index (κ1) is 21.2. The summed E-state index contributed by atoms with van der Waals surface area (Å²) in [6, 6.07) is 7.07. The summed E-state index contributed by atoms with van der Waals surface area (Å²) in [4.78, 5) is -0.889. The summed E-state index contributed by atoms with van der Waals surface area (Å²) < 4.78 is 10.9. The van der Waals surface area contributed by atoms with Gasteiger partial charge in [-0.2, -0.15) is 0 Å². The molecule has 6 atom stereocenters. The van der Waals surface area contributed by atoms with Crippen LogP contribution in [0.4, 0.5) is 0 Å². The quantitative estimate of drug-likeness (QED) is 0.398. The summed E-state index contributed by atoms with van der Waals surface area (Å²) in [6.45, 7) is -0.849. The first-order valence-electron chi connectivity index (χ1n) is 8.77. The SMILES string of the molecule is OC[C@H]1O[C@H](OCC(O)(Cc2ccccc2Cl)C2(Cl)CC2)[C@H](O)[C@@H](O)[C@@H]1O. The Kier molecular flexibility index (Phi) is 6.37. The number of halogens is 2. The molecule has 1 aliphatic carbocycles. The van der Waals surface area contributed by atoms with Gasteiger partial charge in [-0.15, -0.1) is 11.6 Å². The lowest BCUT2D eigenvalue weighted by Crippen LogP contribution is -2.60. The molecule has 0 amide bonds. The van der Waals surface area contributed by atoms with Gasteiger partial charge in [0.2, 0.25) is 0 Å². The lowest BCUT2D eigenvalue weighted by Gasteiger charge is -2.41. The van der Waals surface area contributed by atoms with Gasteiger partial charge in [0, 0.05) is 11.4 Å². The van der Waals surface area contributed by atoms with Crippen LogP contribution in [0.3, 0.4) is 0 Å². The molecule has 152 valence electrons. The van der Waals surface area contributed by atoms with Gasteiger partial charge in [-0.25, -0.2) is 0 Å². The molecule has 5 N–H and O–H groups in total. The normalized spacial score (nSPS) is 34.9. The van der Waals surface area contributed by atoms with Gasteiger partial charge in [-0.3, -0.25) is 0 Å². The lowest BCUT2D eigenvalue weighted by molar-refractivity contribution is -0.309. The third-order valence-corrected chi connectivity index (χ3v) is 6.40. The summed E-state index contributed by atoms with van der Waals surface area (Å²) >= 11 is 12.7. The van der Waals surface area contributed by atoms with Crippen molar-refractivity contribution in [1.82, 2.24) is 0 Å². The average molecular weight is 423 g/mol. The molecule has 1 aromatic rings. The summed E-state index contributed by atoms with van der Waals surface area (Å²) in [5.74, 6) is 0. The molecule has 3 rings (SSSR count). The van der Waals surface area contributed by atoms with Crippen LogP contribution in [0.1, 0.15) is 18.4 Å². The van der Waals surface area contributed by atoms with Gasteiger partial charge in [-0.05, 0) is 24.5 Å². The van der Waals surface area contributed by atoms with Crippen molar-refractivity contribution in [2.75, 3.05) is 13.2 Å². The van der Waals surface area contributed by atoms with Crippen molar-refractivity contribution in [2.45, 2.75) is 60.4 Å². The monoisotopic (exact) mass is 422 g/mol. The molecule has 1 aromatic carbocycles. The molecular weight excluding hydrogens is 399 g/mol. The Morgan fingerprint density at radius 1 is 1.15 bits per heavy atom. The topological polar surface area (TPSA) is 120 Å². The minimum absolute atomic E-state index is 0.133. The molecule has 9 heteroatoms. The van der Waals surface area contributed by atoms with Crippen molar-refractivity contribution >= 4 is 23.2 Å². The Morgan fingerprint density at radius 2 is 1.81 bits per heavy atom. The molecule has 0 spiro atoms. The minimum atomic E-state index is -1.55. The predicted molar refractivity (Wildman–Crippen MR) is 97.6 cm³/mol. The van der Waals surface area contributed by atoms with Gasteiger partial charge in [0.05, 0.1) is 18.1 Å². The van der Waals surface area contributed by atoms with E-state index in [1.807, 2.05) is 0 Å². The molecule has 2 aliphatic rings. The Hall–Kier alpha value is -0.480. The van der Waals surface area contributed by atoms with Gasteiger partial charge >= 0.3 is 0 Å². The molecule has 1 saturated heterocycles. The van der Waals surface area contributed by atoms with E-state index >= 15 is 0 Å². The van der Waals surface area contributed by atoms with Crippen LogP contribution in [0.15, 0.2) is 24.3 Å². The average Bonchev–Trinajstić information content (AvgIpc) is 3.40. The number of hydrogen-bond donors (Lipinski definition) is 5. The molecule has 0 aromatic heterocycles. The van der Waals surface area contributed by atoms with E-state index in [1.165, 1.54) is 0 Å². The summed E-state index contributed by atoms with van der Waals surface area (Å²) in [5, 5.41) is 50.8.